The number of benzene rings is 2. The molecule has 190 valence electrons. The van der Waals surface area contributed by atoms with E-state index >= 15 is 0 Å². The lowest BCUT2D eigenvalue weighted by molar-refractivity contribution is 0.225. The number of aromatic nitrogens is 2. The first-order valence-electron chi connectivity index (χ1n) is 12.9. The summed E-state index contributed by atoms with van der Waals surface area (Å²) in [5.74, 6) is 2.11. The molecule has 0 aliphatic rings. The van der Waals surface area contributed by atoms with E-state index < -0.39 is 0 Å². The standard InChI is InChI=1S/C28H41N5O2/c1-5-7-14-33(15-8-6-2)16-9-17-35-27-18-24-25(19-26(27)34-4)30-20-31-28(24)32-23-12-10-22(11-13-23)21(3)29/h10-13,18-21H,5-9,14-17,29H2,1-4H3,(H,30,31,32). The van der Waals surface area contributed by atoms with Crippen LogP contribution >= 0.6 is 0 Å². The third-order valence-electron chi connectivity index (χ3n) is 6.15. The summed E-state index contributed by atoms with van der Waals surface area (Å²) in [6.45, 7) is 10.5. The van der Waals surface area contributed by atoms with Gasteiger partial charge in [0.05, 0.1) is 19.2 Å². The van der Waals surface area contributed by atoms with Crippen molar-refractivity contribution in [3.8, 4) is 11.5 Å². The number of fused-ring (bicyclic) bond motifs is 1. The van der Waals surface area contributed by atoms with E-state index in [9.17, 15) is 0 Å². The fraction of sp³-hybridized carbons (Fsp3) is 0.500. The molecule has 0 aliphatic carbocycles. The summed E-state index contributed by atoms with van der Waals surface area (Å²) < 4.78 is 11.8. The molecule has 0 saturated carbocycles. The van der Waals surface area contributed by atoms with Crippen molar-refractivity contribution in [1.82, 2.24) is 14.9 Å². The maximum Gasteiger partial charge on any atom is 0.162 e. The van der Waals surface area contributed by atoms with Crippen LogP contribution in [0.5, 0.6) is 11.5 Å². The molecular formula is C28H41N5O2. The molecule has 2 aromatic carbocycles. The molecule has 0 aliphatic heterocycles. The van der Waals surface area contributed by atoms with Crippen LogP contribution < -0.4 is 20.5 Å². The highest BCUT2D eigenvalue weighted by Crippen LogP contribution is 2.35. The minimum atomic E-state index is 0.00136. The second kappa shape index (κ2) is 13.9. The van der Waals surface area contributed by atoms with Gasteiger partial charge in [0.25, 0.3) is 0 Å². The fourth-order valence-corrected chi connectivity index (χ4v) is 4.01. The van der Waals surface area contributed by atoms with E-state index in [1.54, 1.807) is 13.4 Å². The predicted octanol–water partition coefficient (Wildman–Crippen LogP) is 6.07. The van der Waals surface area contributed by atoms with Crippen molar-refractivity contribution in [3.63, 3.8) is 0 Å². The van der Waals surface area contributed by atoms with E-state index in [0.717, 1.165) is 54.0 Å². The van der Waals surface area contributed by atoms with Crippen LogP contribution in [0.4, 0.5) is 11.5 Å². The van der Waals surface area contributed by atoms with Gasteiger partial charge >= 0.3 is 0 Å². The van der Waals surface area contributed by atoms with Crippen LogP contribution in [0.15, 0.2) is 42.7 Å². The van der Waals surface area contributed by atoms with Crippen molar-refractivity contribution in [2.24, 2.45) is 5.73 Å². The van der Waals surface area contributed by atoms with Gasteiger partial charge in [-0.05, 0) is 63.0 Å². The molecule has 7 nitrogen and oxygen atoms in total. The molecular weight excluding hydrogens is 438 g/mol. The molecule has 1 unspecified atom stereocenters. The van der Waals surface area contributed by atoms with Crippen LogP contribution in [0.25, 0.3) is 10.9 Å². The molecule has 35 heavy (non-hydrogen) atoms. The Labute approximate surface area is 210 Å². The third kappa shape index (κ3) is 7.80. The number of methoxy groups -OCH3 is 1. The first-order chi connectivity index (χ1) is 17.0. The van der Waals surface area contributed by atoms with E-state index in [1.807, 2.05) is 43.3 Å². The van der Waals surface area contributed by atoms with Gasteiger partial charge in [-0.15, -0.1) is 0 Å². The van der Waals surface area contributed by atoms with Gasteiger partial charge in [-0.2, -0.15) is 0 Å². The Morgan fingerprint density at radius 1 is 0.943 bits per heavy atom. The summed E-state index contributed by atoms with van der Waals surface area (Å²) in [6.07, 6.45) is 7.46. The molecule has 0 amide bonds. The number of nitrogens with two attached hydrogens (primary N) is 1. The van der Waals surface area contributed by atoms with Gasteiger partial charge < -0.3 is 25.4 Å². The number of hydrogen-bond acceptors (Lipinski definition) is 7. The van der Waals surface area contributed by atoms with Gasteiger partial charge in [-0.1, -0.05) is 38.8 Å². The molecule has 0 spiro atoms. The van der Waals surface area contributed by atoms with Gasteiger partial charge in [0.1, 0.15) is 12.1 Å². The predicted molar refractivity (Wildman–Crippen MR) is 145 cm³/mol. The molecule has 0 fully saturated rings. The maximum atomic E-state index is 6.19. The average molecular weight is 480 g/mol. The SMILES string of the molecule is CCCCN(CCCC)CCCOc1cc2c(Nc3ccc(C(C)N)cc3)ncnc2cc1OC. The summed E-state index contributed by atoms with van der Waals surface area (Å²) in [6, 6.07) is 12.0. The van der Waals surface area contributed by atoms with Gasteiger partial charge in [0, 0.05) is 29.7 Å². The van der Waals surface area contributed by atoms with Gasteiger partial charge in [0.2, 0.25) is 0 Å². The highest BCUT2D eigenvalue weighted by Gasteiger charge is 2.13. The van der Waals surface area contributed by atoms with Crippen LogP contribution in [0.3, 0.4) is 0 Å². The van der Waals surface area contributed by atoms with Crippen LogP contribution in [-0.4, -0.2) is 48.2 Å². The lowest BCUT2D eigenvalue weighted by Crippen LogP contribution is -2.28. The quantitative estimate of drug-likeness (QED) is 0.256. The fourth-order valence-electron chi connectivity index (χ4n) is 4.01. The molecule has 1 aromatic heterocycles. The van der Waals surface area contributed by atoms with Crippen LogP contribution in [-0.2, 0) is 0 Å². The van der Waals surface area contributed by atoms with E-state index in [-0.39, 0.29) is 6.04 Å². The van der Waals surface area contributed by atoms with Crippen LogP contribution in [0.1, 0.15) is 64.5 Å². The van der Waals surface area contributed by atoms with Crippen molar-refractivity contribution < 1.29 is 9.47 Å². The van der Waals surface area contributed by atoms with Gasteiger partial charge in [-0.25, -0.2) is 9.97 Å². The van der Waals surface area contributed by atoms with Crippen molar-refractivity contribution in [1.29, 1.82) is 0 Å². The first kappa shape index (κ1) is 26.7. The number of unbranched alkanes of at least 4 members (excludes halogenated alkanes) is 2. The summed E-state index contributed by atoms with van der Waals surface area (Å²) in [7, 11) is 1.66. The molecule has 1 atom stereocenters. The van der Waals surface area contributed by atoms with Gasteiger partial charge in [0.15, 0.2) is 11.5 Å². The second-order valence-electron chi connectivity index (χ2n) is 9.03. The smallest absolute Gasteiger partial charge is 0.162 e. The zero-order valence-electron chi connectivity index (χ0n) is 21.7. The Morgan fingerprint density at radius 3 is 2.26 bits per heavy atom. The Balaban J connectivity index is 1.71. The molecule has 3 rings (SSSR count). The van der Waals surface area contributed by atoms with Crippen LogP contribution in [0.2, 0.25) is 0 Å². The van der Waals surface area contributed by atoms with Crippen molar-refractivity contribution in [2.75, 3.05) is 38.7 Å². The Bertz CT molecular complexity index is 1030. The number of hydrogen-bond donors (Lipinski definition) is 2. The molecule has 3 aromatic rings. The first-order valence-corrected chi connectivity index (χ1v) is 12.9. The summed E-state index contributed by atoms with van der Waals surface area (Å²) in [5.41, 5.74) is 8.80. The zero-order chi connectivity index (χ0) is 25.0. The molecule has 0 radical (unpaired) electrons. The number of nitrogens with zero attached hydrogens (tertiary/aromatic N) is 3. The van der Waals surface area contributed by atoms with E-state index in [0.29, 0.717) is 18.1 Å². The highest BCUT2D eigenvalue weighted by molar-refractivity contribution is 5.93. The number of anilines is 2. The number of ether oxygens (including phenoxy) is 2. The summed E-state index contributed by atoms with van der Waals surface area (Å²) in [4.78, 5) is 11.5. The lowest BCUT2D eigenvalue weighted by atomic mass is 10.1. The van der Waals surface area contributed by atoms with E-state index in [4.69, 9.17) is 15.2 Å². The second-order valence-corrected chi connectivity index (χ2v) is 9.03. The normalized spacial score (nSPS) is 12.2. The Morgan fingerprint density at radius 2 is 1.63 bits per heavy atom. The average Bonchev–Trinajstić information content (AvgIpc) is 2.87. The summed E-state index contributed by atoms with van der Waals surface area (Å²) in [5, 5.41) is 4.29. The van der Waals surface area contributed by atoms with Gasteiger partial charge in [-0.3, -0.25) is 0 Å². The van der Waals surface area contributed by atoms with E-state index in [2.05, 4.69) is 34.0 Å². The topological polar surface area (TPSA) is 85.5 Å². The van der Waals surface area contributed by atoms with Crippen LogP contribution in [0, 0.1) is 0 Å². The van der Waals surface area contributed by atoms with Crippen molar-refractivity contribution >= 4 is 22.4 Å². The maximum absolute atomic E-state index is 6.19. The minimum absolute atomic E-state index is 0.00136. The molecule has 7 heteroatoms. The highest BCUT2D eigenvalue weighted by atomic mass is 16.5. The molecule has 3 N–H and O–H groups in total. The molecule has 1 heterocycles. The van der Waals surface area contributed by atoms with Crippen molar-refractivity contribution in [3.05, 3.63) is 48.3 Å². The minimum Gasteiger partial charge on any atom is -0.493 e. The Kier molecular flexibility index (Phi) is 10.6. The van der Waals surface area contributed by atoms with E-state index in [1.165, 1.54) is 25.7 Å². The lowest BCUT2D eigenvalue weighted by Gasteiger charge is -2.22. The number of nitrogens with one attached hydrogen (secondary N) is 1. The third-order valence-corrected chi connectivity index (χ3v) is 6.15. The summed E-state index contributed by atoms with van der Waals surface area (Å²) >= 11 is 0. The molecule has 0 bridgehead atoms. The largest absolute Gasteiger partial charge is 0.493 e. The monoisotopic (exact) mass is 479 g/mol. The number of rotatable bonds is 15. The zero-order valence-corrected chi connectivity index (χ0v) is 21.7. The Hall–Kier alpha value is -2.90. The van der Waals surface area contributed by atoms with Crippen molar-refractivity contribution in [2.45, 2.75) is 58.9 Å². The molecule has 0 saturated heterocycles.